The third kappa shape index (κ3) is 6.90. The van der Waals surface area contributed by atoms with Crippen LogP contribution in [0, 0.1) is 22.6 Å². The second-order valence-corrected chi connectivity index (χ2v) is 18.0. The maximum absolute atomic E-state index is 14.4. The van der Waals surface area contributed by atoms with Crippen molar-refractivity contribution < 1.29 is 27.1 Å². The lowest BCUT2D eigenvalue weighted by atomic mass is 9.72. The Labute approximate surface area is 305 Å². The molecule has 52 heavy (non-hydrogen) atoms. The van der Waals surface area contributed by atoms with Crippen molar-refractivity contribution in [3.05, 3.63) is 48.6 Å². The SMILES string of the molecule is C=CC(=O)N1CC2(C1)CN(S(=O)(=O)N1CCC3(CC1)CN(C[C@@H]1CCN(c4ncnnc4Oc4ccc(F)cc4C(=O)N(C(C)C)C(C)C)C1)C3)C2. The van der Waals surface area contributed by atoms with Gasteiger partial charge in [-0.25, -0.2) is 9.37 Å². The van der Waals surface area contributed by atoms with Crippen molar-refractivity contribution in [2.75, 3.05) is 76.9 Å². The van der Waals surface area contributed by atoms with Gasteiger partial charge >= 0.3 is 0 Å². The summed E-state index contributed by atoms with van der Waals surface area (Å²) in [4.78, 5) is 37.9. The summed E-state index contributed by atoms with van der Waals surface area (Å²) >= 11 is 0. The van der Waals surface area contributed by atoms with E-state index in [1.54, 1.807) is 18.4 Å². The summed E-state index contributed by atoms with van der Waals surface area (Å²) in [7, 11) is -3.50. The molecule has 14 nitrogen and oxygen atoms in total. The highest BCUT2D eigenvalue weighted by Crippen LogP contribution is 2.45. The summed E-state index contributed by atoms with van der Waals surface area (Å²) in [5.74, 6) is 0.345. The van der Waals surface area contributed by atoms with Crippen LogP contribution < -0.4 is 9.64 Å². The van der Waals surface area contributed by atoms with Crippen LogP contribution in [0.1, 0.15) is 57.3 Å². The number of benzene rings is 1. The summed E-state index contributed by atoms with van der Waals surface area (Å²) in [6, 6.07) is 3.73. The van der Waals surface area contributed by atoms with E-state index in [1.165, 1.54) is 30.6 Å². The van der Waals surface area contributed by atoms with Gasteiger partial charge in [0.15, 0.2) is 5.82 Å². The molecule has 0 saturated carbocycles. The van der Waals surface area contributed by atoms with Crippen LogP contribution in [0.25, 0.3) is 0 Å². The van der Waals surface area contributed by atoms with Gasteiger partial charge < -0.3 is 24.3 Å². The molecule has 5 aliphatic rings. The number of hydrogen-bond donors (Lipinski definition) is 0. The van der Waals surface area contributed by atoms with Crippen LogP contribution in [0.3, 0.4) is 0 Å². The van der Waals surface area contributed by atoms with E-state index in [4.69, 9.17) is 4.74 Å². The minimum absolute atomic E-state index is 0.0928. The smallest absolute Gasteiger partial charge is 0.282 e. The van der Waals surface area contributed by atoms with Crippen LogP contribution in [0.5, 0.6) is 11.6 Å². The predicted molar refractivity (Wildman–Crippen MR) is 192 cm³/mol. The van der Waals surface area contributed by atoms with E-state index in [1.807, 2.05) is 27.7 Å². The van der Waals surface area contributed by atoms with Crippen LogP contribution in [0.2, 0.25) is 0 Å². The lowest BCUT2D eigenvalue weighted by Gasteiger charge is -2.60. The lowest BCUT2D eigenvalue weighted by molar-refractivity contribution is -0.146. The molecule has 6 heterocycles. The van der Waals surface area contributed by atoms with Crippen molar-refractivity contribution >= 4 is 27.8 Å². The summed E-state index contributed by atoms with van der Waals surface area (Å²) in [6.07, 6.45) is 5.36. The Morgan fingerprint density at radius 2 is 1.71 bits per heavy atom. The highest BCUT2D eigenvalue weighted by Gasteiger charge is 2.57. The van der Waals surface area contributed by atoms with Crippen LogP contribution in [-0.4, -0.2) is 143 Å². The second kappa shape index (κ2) is 13.9. The van der Waals surface area contributed by atoms with Crippen LogP contribution >= 0.6 is 0 Å². The summed E-state index contributed by atoms with van der Waals surface area (Å²) in [6.45, 7) is 18.8. The second-order valence-electron chi connectivity index (χ2n) is 16.1. The molecule has 0 unspecified atom stereocenters. The summed E-state index contributed by atoms with van der Waals surface area (Å²) < 4.78 is 50.6. The Hall–Kier alpha value is -3.73. The first-order valence-electron chi connectivity index (χ1n) is 18.3. The topological polar surface area (TPSA) is 136 Å². The van der Waals surface area contributed by atoms with Crippen LogP contribution in [-0.2, 0) is 15.0 Å². The number of anilines is 1. The highest BCUT2D eigenvalue weighted by molar-refractivity contribution is 7.86. The Morgan fingerprint density at radius 3 is 2.37 bits per heavy atom. The molecule has 2 aromatic rings. The number of hydrogen-bond acceptors (Lipinski definition) is 10. The number of amides is 2. The first-order chi connectivity index (χ1) is 24.7. The molecule has 0 aliphatic carbocycles. The first-order valence-corrected chi connectivity index (χ1v) is 19.7. The molecular weight excluding hydrogens is 690 g/mol. The van der Waals surface area contributed by atoms with Gasteiger partial charge in [0.2, 0.25) is 5.91 Å². The zero-order valence-corrected chi connectivity index (χ0v) is 31.4. The molecule has 1 aromatic heterocycles. The molecule has 1 aromatic carbocycles. The third-order valence-corrected chi connectivity index (χ3v) is 13.4. The van der Waals surface area contributed by atoms with E-state index in [-0.39, 0.29) is 51.9 Å². The molecule has 1 atom stereocenters. The minimum Gasteiger partial charge on any atom is -0.434 e. The molecular formula is C36H50FN9O5S. The maximum Gasteiger partial charge on any atom is 0.282 e. The van der Waals surface area contributed by atoms with E-state index in [0.717, 1.165) is 52.0 Å². The van der Waals surface area contributed by atoms with Crippen molar-refractivity contribution in [2.24, 2.45) is 16.7 Å². The Bertz CT molecular complexity index is 1790. The van der Waals surface area contributed by atoms with Crippen molar-refractivity contribution in [1.82, 2.24) is 38.5 Å². The Balaban J connectivity index is 0.903. The fraction of sp³-hybridized carbons (Fsp3) is 0.639. The normalized spacial score (nSPS) is 23.1. The number of likely N-dealkylation sites (tertiary alicyclic amines) is 2. The van der Waals surface area contributed by atoms with Gasteiger partial charge in [0.05, 0.1) is 5.56 Å². The fourth-order valence-electron chi connectivity index (χ4n) is 8.96. The molecule has 7 rings (SSSR count). The quantitative estimate of drug-likeness (QED) is 0.317. The van der Waals surface area contributed by atoms with Gasteiger partial charge in [-0.3, -0.25) is 9.59 Å². The van der Waals surface area contributed by atoms with Gasteiger partial charge in [-0.2, -0.15) is 17.0 Å². The van der Waals surface area contributed by atoms with E-state index >= 15 is 0 Å². The zero-order chi connectivity index (χ0) is 37.0. The zero-order valence-electron chi connectivity index (χ0n) is 30.6. The van der Waals surface area contributed by atoms with Crippen molar-refractivity contribution in [3.63, 3.8) is 0 Å². The monoisotopic (exact) mass is 739 g/mol. The minimum atomic E-state index is -3.50. The fourth-order valence-corrected chi connectivity index (χ4v) is 10.8. The summed E-state index contributed by atoms with van der Waals surface area (Å²) in [5, 5.41) is 8.17. The molecule has 282 valence electrons. The Morgan fingerprint density at radius 1 is 1.02 bits per heavy atom. The van der Waals surface area contributed by atoms with Crippen molar-refractivity contribution in [1.29, 1.82) is 0 Å². The number of carbonyl (C=O) groups excluding carboxylic acids is 2. The van der Waals surface area contributed by atoms with Gasteiger partial charge in [0.1, 0.15) is 17.9 Å². The number of rotatable bonds is 11. The molecule has 0 radical (unpaired) electrons. The average molecular weight is 740 g/mol. The number of aromatic nitrogens is 3. The van der Waals surface area contributed by atoms with Crippen LogP contribution in [0.15, 0.2) is 37.2 Å². The third-order valence-electron chi connectivity index (χ3n) is 11.5. The van der Waals surface area contributed by atoms with Gasteiger partial charge in [-0.05, 0) is 82.6 Å². The van der Waals surface area contributed by atoms with Gasteiger partial charge in [0.25, 0.3) is 22.0 Å². The van der Waals surface area contributed by atoms with Crippen molar-refractivity contribution in [3.8, 4) is 11.6 Å². The summed E-state index contributed by atoms with van der Waals surface area (Å²) in [5.41, 5.74) is 0.176. The van der Waals surface area contributed by atoms with Gasteiger partial charge in [0, 0.05) is 89.5 Å². The maximum atomic E-state index is 14.4. The molecule has 5 saturated heterocycles. The van der Waals surface area contributed by atoms with Crippen LogP contribution in [0.4, 0.5) is 10.2 Å². The Kier molecular flexibility index (Phi) is 9.80. The standard InChI is InChI=1S/C36H50FN9O5S/c1-6-31(47)43-20-36(21-43)22-45(23-36)52(49,50)44-13-10-35(11-14-44)18-41(19-35)16-27-9-12-42(17-27)32-33(40-39-24-38-32)51-30-8-7-28(37)15-29(30)34(48)46(25(2)3)26(4)5/h6-8,15,24-27H,1,9-14,16-23H2,2-5H3/t27-/m0/s1. The molecule has 5 fully saturated rings. The molecule has 2 spiro atoms. The van der Waals surface area contributed by atoms with E-state index in [9.17, 15) is 22.4 Å². The molecule has 5 aliphatic heterocycles. The molecule has 0 N–H and O–H groups in total. The number of carbonyl (C=O) groups is 2. The lowest BCUT2D eigenvalue weighted by Crippen LogP contribution is -2.74. The number of piperidine rings is 1. The number of ether oxygens (including phenoxy) is 1. The molecule has 2 amide bonds. The first kappa shape index (κ1) is 36.6. The average Bonchev–Trinajstić information content (AvgIpc) is 3.51. The highest BCUT2D eigenvalue weighted by atomic mass is 32.2. The number of nitrogens with zero attached hydrogens (tertiary/aromatic N) is 9. The van der Waals surface area contributed by atoms with Gasteiger partial charge in [-0.1, -0.05) is 6.58 Å². The predicted octanol–water partition coefficient (Wildman–Crippen LogP) is 2.86. The van der Waals surface area contributed by atoms with Crippen molar-refractivity contribution in [2.45, 2.75) is 59.0 Å². The largest absolute Gasteiger partial charge is 0.434 e. The van der Waals surface area contributed by atoms with Gasteiger partial charge in [-0.15, -0.1) is 10.2 Å². The van der Waals surface area contributed by atoms with E-state index < -0.39 is 16.0 Å². The van der Waals surface area contributed by atoms with E-state index in [0.29, 0.717) is 51.0 Å². The molecule has 0 bridgehead atoms. The van der Waals surface area contributed by atoms with E-state index in [2.05, 4.69) is 31.6 Å². The molecule has 16 heteroatoms. The number of halogens is 1.